The summed E-state index contributed by atoms with van der Waals surface area (Å²) in [5, 5.41) is 12.8. The summed E-state index contributed by atoms with van der Waals surface area (Å²) in [6, 6.07) is 0.955. The maximum atomic E-state index is 11.8. The van der Waals surface area contributed by atoms with Crippen LogP contribution in [0, 0.1) is 0 Å². The Bertz CT molecular complexity index is 409. The van der Waals surface area contributed by atoms with Crippen LogP contribution in [0.25, 0.3) is 0 Å². The average molecular weight is 233 g/mol. The van der Waals surface area contributed by atoms with Gasteiger partial charge in [-0.3, -0.25) is 4.68 Å². The molecule has 1 atom stereocenters. The van der Waals surface area contributed by atoms with Crippen LogP contribution in [-0.4, -0.2) is 36.0 Å². The van der Waals surface area contributed by atoms with Gasteiger partial charge in [-0.25, -0.2) is 13.1 Å². The second-order valence-electron chi connectivity index (χ2n) is 3.20. The number of hydrogen-bond donors (Lipinski definition) is 2. The first-order valence-corrected chi connectivity index (χ1v) is 6.10. The minimum atomic E-state index is -3.58. The van der Waals surface area contributed by atoms with Crippen molar-refractivity contribution in [3.05, 3.63) is 12.3 Å². The Kier molecular flexibility index (Phi) is 3.83. The van der Waals surface area contributed by atoms with Crippen molar-refractivity contribution in [2.24, 2.45) is 7.05 Å². The molecule has 0 radical (unpaired) electrons. The molecule has 2 N–H and O–H groups in total. The van der Waals surface area contributed by atoms with Gasteiger partial charge in [-0.05, 0) is 12.5 Å². The van der Waals surface area contributed by atoms with Crippen molar-refractivity contribution < 1.29 is 13.5 Å². The first-order valence-electron chi connectivity index (χ1n) is 4.62. The molecule has 1 heterocycles. The number of sulfonamides is 1. The Morgan fingerprint density at radius 1 is 1.67 bits per heavy atom. The molecule has 0 aliphatic heterocycles. The van der Waals surface area contributed by atoms with Gasteiger partial charge >= 0.3 is 0 Å². The lowest BCUT2D eigenvalue weighted by molar-refractivity contribution is 0.253. The minimum Gasteiger partial charge on any atom is -0.395 e. The SMILES string of the molecule is CCC(CO)NS(=O)(=O)c1ccnn1C. The second kappa shape index (κ2) is 4.73. The van der Waals surface area contributed by atoms with Gasteiger partial charge in [-0.2, -0.15) is 5.10 Å². The van der Waals surface area contributed by atoms with E-state index in [1.165, 1.54) is 16.9 Å². The van der Waals surface area contributed by atoms with E-state index in [9.17, 15) is 8.42 Å². The molecule has 7 heteroatoms. The molecule has 0 bridgehead atoms. The zero-order chi connectivity index (χ0) is 11.5. The van der Waals surface area contributed by atoms with Crippen LogP contribution >= 0.6 is 0 Å². The molecule has 0 saturated carbocycles. The molecular formula is C8H15N3O3S. The molecule has 15 heavy (non-hydrogen) atoms. The molecule has 1 aromatic rings. The maximum Gasteiger partial charge on any atom is 0.258 e. The third-order valence-corrected chi connectivity index (χ3v) is 3.68. The standard InChI is InChI=1S/C8H15N3O3S/c1-3-7(6-12)10-15(13,14)8-4-5-9-11(8)2/h4-5,7,10,12H,3,6H2,1-2H3. The van der Waals surface area contributed by atoms with E-state index in [1.807, 2.05) is 0 Å². The van der Waals surface area contributed by atoms with E-state index >= 15 is 0 Å². The summed E-state index contributed by atoms with van der Waals surface area (Å²) in [5.41, 5.74) is 0. The quantitative estimate of drug-likeness (QED) is 0.716. The Hall–Kier alpha value is -0.920. The molecule has 0 aliphatic rings. The van der Waals surface area contributed by atoms with Gasteiger partial charge in [0.15, 0.2) is 5.03 Å². The van der Waals surface area contributed by atoms with Gasteiger partial charge < -0.3 is 5.11 Å². The maximum absolute atomic E-state index is 11.8. The van der Waals surface area contributed by atoms with Crippen molar-refractivity contribution in [2.75, 3.05) is 6.61 Å². The van der Waals surface area contributed by atoms with Crippen LogP contribution in [0.15, 0.2) is 17.3 Å². The summed E-state index contributed by atoms with van der Waals surface area (Å²) in [7, 11) is -2.03. The lowest BCUT2D eigenvalue weighted by Gasteiger charge is -2.13. The first-order chi connectivity index (χ1) is 7.01. The highest BCUT2D eigenvalue weighted by molar-refractivity contribution is 7.89. The fourth-order valence-corrected chi connectivity index (χ4v) is 2.59. The molecule has 6 nitrogen and oxygen atoms in total. The summed E-state index contributed by atoms with van der Waals surface area (Å²) in [4.78, 5) is 0. The van der Waals surface area contributed by atoms with Crippen molar-refractivity contribution in [1.29, 1.82) is 0 Å². The van der Waals surface area contributed by atoms with Crippen LogP contribution in [-0.2, 0) is 17.1 Å². The number of aryl methyl sites for hydroxylation is 1. The summed E-state index contributed by atoms with van der Waals surface area (Å²) in [5.74, 6) is 0. The van der Waals surface area contributed by atoms with Crippen molar-refractivity contribution >= 4 is 10.0 Å². The van der Waals surface area contributed by atoms with Crippen LogP contribution in [0.2, 0.25) is 0 Å². The van der Waals surface area contributed by atoms with Crippen molar-refractivity contribution in [1.82, 2.24) is 14.5 Å². The zero-order valence-electron chi connectivity index (χ0n) is 8.71. The Morgan fingerprint density at radius 2 is 2.33 bits per heavy atom. The highest BCUT2D eigenvalue weighted by Crippen LogP contribution is 2.07. The monoisotopic (exact) mass is 233 g/mol. The van der Waals surface area contributed by atoms with E-state index in [0.717, 1.165) is 0 Å². The Labute approximate surface area is 89.0 Å². The molecule has 1 aromatic heterocycles. The van der Waals surface area contributed by atoms with Gasteiger partial charge in [0.05, 0.1) is 12.8 Å². The predicted molar refractivity (Wildman–Crippen MR) is 54.7 cm³/mol. The minimum absolute atomic E-state index is 0.0920. The number of nitrogens with zero attached hydrogens (tertiary/aromatic N) is 2. The summed E-state index contributed by atoms with van der Waals surface area (Å²) < 4.78 is 27.2. The molecule has 0 amide bonds. The molecule has 86 valence electrons. The van der Waals surface area contributed by atoms with E-state index in [-0.39, 0.29) is 11.6 Å². The van der Waals surface area contributed by atoms with E-state index in [2.05, 4.69) is 9.82 Å². The molecule has 1 rings (SSSR count). The fourth-order valence-electron chi connectivity index (χ4n) is 1.15. The topological polar surface area (TPSA) is 84.2 Å². The third-order valence-electron chi connectivity index (χ3n) is 2.09. The third kappa shape index (κ3) is 2.77. The van der Waals surface area contributed by atoms with Gasteiger partial charge in [-0.1, -0.05) is 6.92 Å². The van der Waals surface area contributed by atoms with Crippen molar-refractivity contribution in [2.45, 2.75) is 24.4 Å². The number of aliphatic hydroxyl groups excluding tert-OH is 1. The van der Waals surface area contributed by atoms with Crippen LogP contribution in [0.3, 0.4) is 0 Å². The smallest absolute Gasteiger partial charge is 0.258 e. The number of rotatable bonds is 5. The number of hydrogen-bond acceptors (Lipinski definition) is 4. The van der Waals surface area contributed by atoms with Crippen LogP contribution in [0.1, 0.15) is 13.3 Å². The Balaban J connectivity index is 2.90. The molecule has 0 aromatic carbocycles. The lowest BCUT2D eigenvalue weighted by atomic mass is 10.3. The average Bonchev–Trinajstić information content (AvgIpc) is 2.61. The van der Waals surface area contributed by atoms with Crippen LogP contribution in [0.5, 0.6) is 0 Å². The summed E-state index contributed by atoms with van der Waals surface area (Å²) in [6.07, 6.45) is 1.95. The number of aliphatic hydroxyl groups is 1. The van der Waals surface area contributed by atoms with E-state index in [1.54, 1.807) is 14.0 Å². The van der Waals surface area contributed by atoms with E-state index in [0.29, 0.717) is 6.42 Å². The molecule has 0 spiro atoms. The fraction of sp³-hybridized carbons (Fsp3) is 0.625. The normalized spacial score (nSPS) is 14.1. The summed E-state index contributed by atoms with van der Waals surface area (Å²) in [6.45, 7) is 1.58. The zero-order valence-corrected chi connectivity index (χ0v) is 9.53. The Morgan fingerprint density at radius 3 is 2.73 bits per heavy atom. The first kappa shape index (κ1) is 12.2. The van der Waals surface area contributed by atoms with Gasteiger partial charge in [-0.15, -0.1) is 0 Å². The van der Waals surface area contributed by atoms with Crippen LogP contribution in [0.4, 0.5) is 0 Å². The van der Waals surface area contributed by atoms with Crippen molar-refractivity contribution in [3.63, 3.8) is 0 Å². The predicted octanol–water partition coefficient (Wildman–Crippen LogP) is -0.531. The molecule has 1 unspecified atom stereocenters. The number of aromatic nitrogens is 2. The molecular weight excluding hydrogens is 218 g/mol. The van der Waals surface area contributed by atoms with Gasteiger partial charge in [0.1, 0.15) is 0 Å². The molecule has 0 saturated heterocycles. The highest BCUT2D eigenvalue weighted by Gasteiger charge is 2.21. The van der Waals surface area contributed by atoms with E-state index in [4.69, 9.17) is 5.11 Å². The van der Waals surface area contributed by atoms with Gasteiger partial charge in [0, 0.05) is 13.1 Å². The summed E-state index contributed by atoms with van der Waals surface area (Å²) >= 11 is 0. The second-order valence-corrected chi connectivity index (χ2v) is 4.86. The number of nitrogens with one attached hydrogen (secondary N) is 1. The van der Waals surface area contributed by atoms with E-state index < -0.39 is 16.1 Å². The van der Waals surface area contributed by atoms with Crippen molar-refractivity contribution in [3.8, 4) is 0 Å². The molecule has 0 aliphatic carbocycles. The largest absolute Gasteiger partial charge is 0.395 e. The molecule has 0 fully saturated rings. The van der Waals surface area contributed by atoms with Crippen LogP contribution < -0.4 is 4.72 Å². The highest BCUT2D eigenvalue weighted by atomic mass is 32.2. The lowest BCUT2D eigenvalue weighted by Crippen LogP contribution is -2.37. The van der Waals surface area contributed by atoms with Gasteiger partial charge in [0.25, 0.3) is 10.0 Å². The van der Waals surface area contributed by atoms with Gasteiger partial charge in [0.2, 0.25) is 0 Å².